The number of nitrogens with one attached hydrogen (secondary N) is 1. The Labute approximate surface area is 178 Å². The number of carbonyl (C=O) groups excluding carboxylic acids is 2. The smallest absolute Gasteiger partial charge is 0.261 e. The van der Waals surface area contributed by atoms with Crippen LogP contribution in [0.15, 0.2) is 24.3 Å². The van der Waals surface area contributed by atoms with Gasteiger partial charge in [-0.15, -0.1) is 11.3 Å². The molecule has 29 heavy (non-hydrogen) atoms. The van der Waals surface area contributed by atoms with Crippen LogP contribution in [-0.4, -0.2) is 61.4 Å². The number of likely N-dealkylation sites (tertiary alicyclic amines) is 1. The van der Waals surface area contributed by atoms with E-state index in [1.54, 1.807) is 11.3 Å². The van der Waals surface area contributed by atoms with Crippen molar-refractivity contribution in [2.45, 2.75) is 51.5 Å². The highest BCUT2D eigenvalue weighted by molar-refractivity contribution is 7.21. The van der Waals surface area contributed by atoms with E-state index in [0.29, 0.717) is 13.0 Å². The van der Waals surface area contributed by atoms with Crippen LogP contribution in [0, 0.1) is 0 Å². The van der Waals surface area contributed by atoms with E-state index >= 15 is 0 Å². The number of hydrogen-bond donors (Lipinski definition) is 1. The molecule has 0 radical (unpaired) electrons. The molecule has 0 bridgehead atoms. The van der Waals surface area contributed by atoms with Gasteiger partial charge in [0.05, 0.1) is 4.88 Å². The molecule has 1 aliphatic heterocycles. The summed E-state index contributed by atoms with van der Waals surface area (Å²) in [4.78, 5) is 30.5. The molecule has 2 aromatic rings. The maximum atomic E-state index is 13.0. The van der Waals surface area contributed by atoms with Crippen LogP contribution in [0.1, 0.15) is 54.3 Å². The monoisotopic (exact) mass is 415 g/mol. The molecular weight excluding hydrogens is 382 g/mol. The number of thiophene rings is 1. The summed E-state index contributed by atoms with van der Waals surface area (Å²) in [5, 5.41) is 4.23. The standard InChI is InChI=1S/C23H33N3O2S/c1-4-21(27)26-14-9-5-6-10-17(26)16-19-18-11-7-8-12-20(18)29-22(19)23(28)24-13-15-25(2)3/h7-8,11-12,17H,4-6,9-10,13-16H2,1-3H3,(H,24,28)/t17-/m0/s1. The van der Waals surface area contributed by atoms with E-state index in [1.807, 2.05) is 33.2 Å². The molecule has 1 N–H and O–H groups in total. The SMILES string of the molecule is CCC(=O)N1CCCCC[C@H]1Cc1c(C(=O)NCCN(C)C)sc2ccccc12. The number of nitrogens with zero attached hydrogens (tertiary/aromatic N) is 2. The molecule has 1 saturated heterocycles. The van der Waals surface area contributed by atoms with Crippen molar-refractivity contribution in [3.8, 4) is 0 Å². The zero-order chi connectivity index (χ0) is 20.8. The second-order valence-corrected chi connectivity index (χ2v) is 9.17. The summed E-state index contributed by atoms with van der Waals surface area (Å²) in [7, 11) is 4.00. The van der Waals surface area contributed by atoms with Crippen molar-refractivity contribution in [2.75, 3.05) is 33.7 Å². The fraction of sp³-hybridized carbons (Fsp3) is 0.565. The Morgan fingerprint density at radius 3 is 2.76 bits per heavy atom. The molecule has 1 aromatic heterocycles. The van der Waals surface area contributed by atoms with Gasteiger partial charge in [-0.25, -0.2) is 0 Å². The van der Waals surface area contributed by atoms with E-state index in [4.69, 9.17) is 0 Å². The molecule has 3 rings (SSSR count). The van der Waals surface area contributed by atoms with E-state index in [9.17, 15) is 9.59 Å². The first kappa shape index (κ1) is 21.8. The van der Waals surface area contributed by atoms with Gasteiger partial charge in [0.2, 0.25) is 5.91 Å². The number of benzene rings is 1. The maximum Gasteiger partial charge on any atom is 0.261 e. The number of fused-ring (bicyclic) bond motifs is 1. The molecule has 0 aliphatic carbocycles. The average molecular weight is 416 g/mol. The summed E-state index contributed by atoms with van der Waals surface area (Å²) in [6, 6.07) is 8.43. The first-order valence-corrected chi connectivity index (χ1v) is 11.6. The average Bonchev–Trinajstić information content (AvgIpc) is 2.90. The molecule has 2 heterocycles. The third kappa shape index (κ3) is 5.37. The molecule has 1 aromatic carbocycles. The van der Waals surface area contributed by atoms with Crippen molar-refractivity contribution >= 4 is 33.2 Å². The first-order chi connectivity index (χ1) is 14.0. The van der Waals surface area contributed by atoms with Crippen LogP contribution in [0.3, 0.4) is 0 Å². The minimum absolute atomic E-state index is 0.00467. The van der Waals surface area contributed by atoms with Crippen LogP contribution in [0.5, 0.6) is 0 Å². The topological polar surface area (TPSA) is 52.7 Å². The lowest BCUT2D eigenvalue weighted by molar-refractivity contribution is -0.133. The van der Waals surface area contributed by atoms with Crippen molar-refractivity contribution in [2.24, 2.45) is 0 Å². The molecule has 0 unspecified atom stereocenters. The number of amides is 2. The van der Waals surface area contributed by atoms with Gasteiger partial charge < -0.3 is 15.1 Å². The minimum Gasteiger partial charge on any atom is -0.350 e. The van der Waals surface area contributed by atoms with Gasteiger partial charge in [-0.05, 0) is 50.4 Å². The Morgan fingerprint density at radius 2 is 2.00 bits per heavy atom. The summed E-state index contributed by atoms with van der Waals surface area (Å²) < 4.78 is 1.14. The van der Waals surface area contributed by atoms with Crippen molar-refractivity contribution in [3.63, 3.8) is 0 Å². The van der Waals surface area contributed by atoms with Crippen molar-refractivity contribution in [3.05, 3.63) is 34.7 Å². The van der Waals surface area contributed by atoms with Gasteiger partial charge in [-0.2, -0.15) is 0 Å². The number of hydrogen-bond acceptors (Lipinski definition) is 4. The number of likely N-dealkylation sites (N-methyl/N-ethyl adjacent to an activating group) is 1. The van der Waals surface area contributed by atoms with Crippen LogP contribution in [0.25, 0.3) is 10.1 Å². The van der Waals surface area contributed by atoms with E-state index < -0.39 is 0 Å². The molecule has 6 heteroatoms. The second-order valence-electron chi connectivity index (χ2n) is 8.11. The fourth-order valence-electron chi connectivity index (χ4n) is 4.11. The number of carbonyl (C=O) groups is 2. The van der Waals surface area contributed by atoms with E-state index in [0.717, 1.165) is 59.3 Å². The Balaban J connectivity index is 1.90. The second kappa shape index (κ2) is 10.2. The van der Waals surface area contributed by atoms with Gasteiger partial charge in [0.25, 0.3) is 5.91 Å². The Bertz CT molecular complexity index is 846. The van der Waals surface area contributed by atoms with Crippen molar-refractivity contribution in [1.29, 1.82) is 0 Å². The van der Waals surface area contributed by atoms with Gasteiger partial charge >= 0.3 is 0 Å². The van der Waals surface area contributed by atoms with Gasteiger partial charge in [-0.3, -0.25) is 9.59 Å². The molecule has 2 amide bonds. The zero-order valence-electron chi connectivity index (χ0n) is 17.9. The Hall–Kier alpha value is -1.92. The fourth-order valence-corrected chi connectivity index (χ4v) is 5.26. The Morgan fingerprint density at radius 1 is 1.21 bits per heavy atom. The van der Waals surface area contributed by atoms with Crippen molar-refractivity contribution in [1.82, 2.24) is 15.1 Å². The normalized spacial score (nSPS) is 17.5. The minimum atomic E-state index is 0.00467. The third-order valence-corrected chi connectivity index (χ3v) is 6.90. The van der Waals surface area contributed by atoms with E-state index in [-0.39, 0.29) is 17.9 Å². The largest absolute Gasteiger partial charge is 0.350 e. The molecule has 1 atom stereocenters. The summed E-state index contributed by atoms with van der Waals surface area (Å²) >= 11 is 1.57. The molecule has 158 valence electrons. The molecule has 5 nitrogen and oxygen atoms in total. The highest BCUT2D eigenvalue weighted by atomic mass is 32.1. The van der Waals surface area contributed by atoms with Crippen LogP contribution < -0.4 is 5.32 Å². The van der Waals surface area contributed by atoms with E-state index in [1.165, 1.54) is 6.42 Å². The Kier molecular flexibility index (Phi) is 7.67. The van der Waals surface area contributed by atoms with Crippen LogP contribution in [-0.2, 0) is 11.2 Å². The van der Waals surface area contributed by atoms with Crippen LogP contribution in [0.4, 0.5) is 0 Å². The van der Waals surface area contributed by atoms with Crippen LogP contribution in [0.2, 0.25) is 0 Å². The van der Waals surface area contributed by atoms with Crippen LogP contribution >= 0.6 is 11.3 Å². The summed E-state index contributed by atoms with van der Waals surface area (Å²) in [6.07, 6.45) is 5.70. The van der Waals surface area contributed by atoms with E-state index in [2.05, 4.69) is 27.2 Å². The molecular formula is C23H33N3O2S. The molecule has 1 aliphatic rings. The molecule has 1 fully saturated rings. The van der Waals surface area contributed by atoms with Gasteiger partial charge in [0.15, 0.2) is 0 Å². The van der Waals surface area contributed by atoms with Gasteiger partial charge in [0.1, 0.15) is 0 Å². The zero-order valence-corrected chi connectivity index (χ0v) is 18.7. The summed E-state index contributed by atoms with van der Waals surface area (Å²) in [5.74, 6) is 0.235. The molecule has 0 saturated carbocycles. The predicted molar refractivity (Wildman–Crippen MR) is 121 cm³/mol. The predicted octanol–water partition coefficient (Wildman–Crippen LogP) is 3.92. The summed E-state index contributed by atoms with van der Waals surface area (Å²) in [6.45, 7) is 4.22. The third-order valence-electron chi connectivity index (χ3n) is 5.69. The highest BCUT2D eigenvalue weighted by Gasteiger charge is 2.28. The summed E-state index contributed by atoms with van der Waals surface area (Å²) in [5.41, 5.74) is 1.11. The van der Waals surface area contributed by atoms with Crippen molar-refractivity contribution < 1.29 is 9.59 Å². The lowest BCUT2D eigenvalue weighted by atomic mass is 9.97. The first-order valence-electron chi connectivity index (χ1n) is 10.7. The number of rotatable bonds is 7. The van der Waals surface area contributed by atoms with Gasteiger partial charge in [0, 0.05) is 36.8 Å². The lowest BCUT2D eigenvalue weighted by Gasteiger charge is -2.30. The molecule has 0 spiro atoms. The lowest BCUT2D eigenvalue weighted by Crippen LogP contribution is -2.41. The quantitative estimate of drug-likeness (QED) is 0.746. The maximum absolute atomic E-state index is 13.0. The highest BCUT2D eigenvalue weighted by Crippen LogP contribution is 2.34. The van der Waals surface area contributed by atoms with Gasteiger partial charge in [-0.1, -0.05) is 38.0 Å².